The van der Waals surface area contributed by atoms with Crippen molar-refractivity contribution >= 4 is 48.2 Å². The second-order valence-corrected chi connectivity index (χ2v) is 20.0. The van der Waals surface area contributed by atoms with Gasteiger partial charge in [0, 0.05) is 37.1 Å². The molecule has 2 amide bonds. The van der Waals surface area contributed by atoms with Crippen LogP contribution in [0.5, 0.6) is 11.5 Å². The van der Waals surface area contributed by atoms with E-state index < -0.39 is 31.2 Å². The van der Waals surface area contributed by atoms with Gasteiger partial charge >= 0.3 is 12.2 Å². The Morgan fingerprint density at radius 3 is 1.70 bits per heavy atom. The summed E-state index contributed by atoms with van der Waals surface area (Å²) in [5.74, 6) is 3.37. The first-order valence-corrected chi connectivity index (χ1v) is 22.9. The van der Waals surface area contributed by atoms with Gasteiger partial charge in [0.2, 0.25) is 20.0 Å². The zero-order chi connectivity index (χ0) is 42.9. The predicted molar refractivity (Wildman–Crippen MR) is 224 cm³/mol. The number of amides is 2. The Morgan fingerprint density at radius 1 is 0.754 bits per heavy atom. The van der Waals surface area contributed by atoms with Crippen LogP contribution in [0.25, 0.3) is 0 Å². The number of halogens is 1. The normalized spacial score (nSPS) is 17.9. The monoisotopic (exact) mass is 900 g/mol. The smallest absolute Gasteiger partial charge is 0.407 e. The summed E-state index contributed by atoms with van der Waals surface area (Å²) in [4.78, 5) is 23.1. The molecular weight excluding hydrogens is 840 g/mol. The molecule has 0 spiro atoms. The highest BCUT2D eigenvalue weighted by molar-refractivity contribution is 9.10. The molecule has 2 atom stereocenters. The van der Waals surface area contributed by atoms with E-state index in [1.54, 1.807) is 18.2 Å². The first-order chi connectivity index (χ1) is 26.5. The van der Waals surface area contributed by atoms with E-state index in [-0.39, 0.29) is 47.3 Å². The van der Waals surface area contributed by atoms with Crippen LogP contribution in [0.3, 0.4) is 0 Å². The van der Waals surface area contributed by atoms with Crippen molar-refractivity contribution in [2.75, 3.05) is 26.2 Å². The van der Waals surface area contributed by atoms with E-state index in [1.807, 2.05) is 67.5 Å². The number of benzene rings is 2. The molecule has 0 fully saturated rings. The second kappa shape index (κ2) is 23.1. The average molecular weight is 902 g/mol. The number of nitrogens with one attached hydrogen (secondary N) is 4. The van der Waals surface area contributed by atoms with E-state index >= 15 is 0 Å². The number of carbonyl (C=O) groups excluding carboxylic acids is 2. The van der Waals surface area contributed by atoms with Crippen LogP contribution in [-0.2, 0) is 35.9 Å². The summed E-state index contributed by atoms with van der Waals surface area (Å²) in [5, 5.41) is 5.43. The van der Waals surface area contributed by atoms with E-state index in [4.69, 9.17) is 25.4 Å². The summed E-state index contributed by atoms with van der Waals surface area (Å²) in [6, 6.07) is 10.2. The van der Waals surface area contributed by atoms with Crippen molar-refractivity contribution in [3.63, 3.8) is 0 Å². The number of carbonyl (C=O) groups is 2. The summed E-state index contributed by atoms with van der Waals surface area (Å²) < 4.78 is 75.2. The topological polar surface area (TPSA) is 187 Å². The molecule has 0 saturated carbocycles. The van der Waals surface area contributed by atoms with Crippen LogP contribution >= 0.6 is 15.9 Å². The van der Waals surface area contributed by atoms with Crippen LogP contribution in [0.15, 0.2) is 50.7 Å². The molecule has 0 aliphatic carbocycles. The van der Waals surface area contributed by atoms with Crippen LogP contribution in [-0.4, -0.2) is 78.6 Å². The van der Waals surface area contributed by atoms with Crippen LogP contribution in [0.4, 0.5) is 9.59 Å². The fraction of sp³-hybridized carbons (Fsp3) is 0.600. The number of sulfonamides is 2. The van der Waals surface area contributed by atoms with Gasteiger partial charge in [-0.1, -0.05) is 34.8 Å². The SMILES string of the molecule is C#CCCCCNC(=O)OC(C)(C)C.C[C@@H]1CNS(=O)(=O)c2ccc(Br)cc2O1.C[C@@H]1CNS(=O)(=O)c2ccc(CCCCCCNC(=O)OC(C)(C)C)cc2O1. The highest BCUT2D eigenvalue weighted by Gasteiger charge is 2.27. The summed E-state index contributed by atoms with van der Waals surface area (Å²) >= 11 is 3.28. The van der Waals surface area contributed by atoms with Gasteiger partial charge in [-0.25, -0.2) is 35.9 Å². The molecule has 2 aliphatic rings. The largest absolute Gasteiger partial charge is 0.488 e. The van der Waals surface area contributed by atoms with Gasteiger partial charge in [-0.15, -0.1) is 12.3 Å². The minimum Gasteiger partial charge on any atom is -0.488 e. The maximum absolute atomic E-state index is 12.2. The van der Waals surface area contributed by atoms with Crippen molar-refractivity contribution in [1.82, 2.24) is 20.1 Å². The summed E-state index contributed by atoms with van der Waals surface area (Å²) in [6.07, 6.45) is 11.3. The summed E-state index contributed by atoms with van der Waals surface area (Å²) in [5.41, 5.74) is 0.160. The van der Waals surface area contributed by atoms with Gasteiger partial charge in [0.05, 0.1) is 0 Å². The number of aryl methyl sites for hydroxylation is 1. The van der Waals surface area contributed by atoms with Crippen molar-refractivity contribution < 1.29 is 45.4 Å². The van der Waals surface area contributed by atoms with Gasteiger partial charge in [0.25, 0.3) is 0 Å². The lowest BCUT2D eigenvalue weighted by Gasteiger charge is -2.19. The number of rotatable bonds is 11. The van der Waals surface area contributed by atoms with E-state index in [0.29, 0.717) is 24.6 Å². The number of hydrogen-bond donors (Lipinski definition) is 4. The Labute approximate surface area is 348 Å². The maximum Gasteiger partial charge on any atom is 0.407 e. The molecule has 17 heteroatoms. The van der Waals surface area contributed by atoms with Gasteiger partial charge < -0.3 is 29.6 Å². The Bertz CT molecular complexity index is 1870. The lowest BCUT2D eigenvalue weighted by molar-refractivity contribution is 0.0515. The number of hydrogen-bond acceptors (Lipinski definition) is 10. The van der Waals surface area contributed by atoms with Crippen LogP contribution < -0.4 is 29.6 Å². The second-order valence-electron chi connectivity index (χ2n) is 15.6. The predicted octanol–water partition coefficient (Wildman–Crippen LogP) is 7.20. The van der Waals surface area contributed by atoms with Gasteiger partial charge in [0.1, 0.15) is 44.7 Å². The number of terminal acetylenes is 1. The molecule has 0 bridgehead atoms. The Balaban J connectivity index is 0.000000325. The fourth-order valence-corrected chi connectivity index (χ4v) is 7.91. The molecule has 2 aromatic carbocycles. The lowest BCUT2D eigenvalue weighted by atomic mass is 10.1. The first-order valence-electron chi connectivity index (χ1n) is 19.1. The van der Waals surface area contributed by atoms with Crippen molar-refractivity contribution in [2.45, 2.75) is 140 Å². The standard InChI is InChI=1S/C20H32N2O5S.C11H19NO2.C9H10BrNO3S/c1-15-14-22-28(24,25)18-11-10-16(13-17(18)26-15)9-7-5-6-8-12-21-19(23)27-20(2,3)4;1-5-6-7-8-9-12-10(13)14-11(2,3)4;1-6-5-11-15(12,13)9-3-2-7(10)4-8(9)14-6/h10-11,13,15,22H,5-9,12,14H2,1-4H3,(H,21,23);1H,6-9H2,2-4H3,(H,12,13);2-4,6,11H,5H2,1H3/t15-;;6-/m1.1/s1. The highest BCUT2D eigenvalue weighted by atomic mass is 79.9. The lowest BCUT2D eigenvalue weighted by Crippen LogP contribution is -2.32. The third-order valence-corrected chi connectivity index (χ3v) is 11.2. The third-order valence-electron chi connectivity index (χ3n) is 7.75. The summed E-state index contributed by atoms with van der Waals surface area (Å²) in [7, 11) is -6.93. The molecule has 320 valence electrons. The van der Waals surface area contributed by atoms with E-state index in [9.17, 15) is 26.4 Å². The number of unbranched alkanes of at least 4 members (excludes halogenated alkanes) is 5. The minimum atomic E-state index is -3.50. The first kappa shape index (κ1) is 49.6. The molecule has 4 rings (SSSR count). The van der Waals surface area contributed by atoms with E-state index in [1.165, 1.54) is 6.07 Å². The molecule has 0 radical (unpaired) electrons. The minimum absolute atomic E-state index is 0.171. The van der Waals surface area contributed by atoms with E-state index in [2.05, 4.69) is 41.9 Å². The Morgan fingerprint density at radius 2 is 1.21 bits per heavy atom. The third kappa shape index (κ3) is 20.1. The van der Waals surface area contributed by atoms with Crippen LogP contribution in [0.1, 0.15) is 106 Å². The molecule has 57 heavy (non-hydrogen) atoms. The van der Waals surface area contributed by atoms with Gasteiger partial charge in [-0.3, -0.25) is 0 Å². The van der Waals surface area contributed by atoms with Crippen molar-refractivity contribution in [2.24, 2.45) is 0 Å². The summed E-state index contributed by atoms with van der Waals surface area (Å²) in [6.45, 7) is 16.5. The maximum atomic E-state index is 12.2. The zero-order valence-corrected chi connectivity index (χ0v) is 37.7. The molecule has 2 aromatic rings. The van der Waals surface area contributed by atoms with Crippen LogP contribution in [0, 0.1) is 12.3 Å². The molecule has 2 aliphatic heterocycles. The Hall–Kier alpha value is -3.56. The van der Waals surface area contributed by atoms with Gasteiger partial charge in [-0.2, -0.15) is 0 Å². The highest BCUT2D eigenvalue weighted by Crippen LogP contribution is 2.30. The molecule has 0 saturated heterocycles. The number of fused-ring (bicyclic) bond motifs is 2. The van der Waals surface area contributed by atoms with Crippen molar-refractivity contribution in [3.8, 4) is 23.8 Å². The average Bonchev–Trinajstić information content (AvgIpc) is 3.27. The fourth-order valence-electron chi connectivity index (χ4n) is 5.11. The number of alkyl carbamates (subject to hydrolysis) is 2. The molecule has 0 unspecified atom stereocenters. The van der Waals surface area contributed by atoms with Crippen LogP contribution in [0.2, 0.25) is 0 Å². The van der Waals surface area contributed by atoms with Crippen molar-refractivity contribution in [3.05, 3.63) is 46.4 Å². The Kier molecular flexibility index (Phi) is 20.1. The molecule has 4 N–H and O–H groups in total. The van der Waals surface area contributed by atoms with E-state index in [0.717, 1.165) is 61.4 Å². The van der Waals surface area contributed by atoms with Crippen molar-refractivity contribution in [1.29, 1.82) is 0 Å². The number of ether oxygens (including phenoxy) is 4. The van der Waals surface area contributed by atoms with Gasteiger partial charge in [0.15, 0.2) is 0 Å². The molecule has 0 aromatic heterocycles. The zero-order valence-electron chi connectivity index (χ0n) is 34.5. The molecule has 2 heterocycles. The molecule has 14 nitrogen and oxygen atoms in total. The molecular formula is C40H61BrN4O10S2. The quantitative estimate of drug-likeness (QED) is 0.133. The van der Waals surface area contributed by atoms with Gasteiger partial charge in [-0.05, 0) is 123 Å².